The molecule has 0 atom stereocenters. The summed E-state index contributed by atoms with van der Waals surface area (Å²) in [6.45, 7) is 3.65. The van der Waals surface area contributed by atoms with Gasteiger partial charge >= 0.3 is 14.2 Å². The lowest BCUT2D eigenvalue weighted by atomic mass is 10.8. The molecule has 0 aromatic rings. The molecule has 0 aliphatic heterocycles. The number of hydrogen-bond acceptors (Lipinski definition) is 4. The molecule has 0 unspecified atom stereocenters. The molecule has 0 N–H and O–H groups in total. The molecule has 0 heterocycles. The predicted molar refractivity (Wildman–Crippen MR) is 49.7 cm³/mol. The normalized spacial score (nSPS) is 8.67. The van der Waals surface area contributed by atoms with Crippen molar-refractivity contribution in [3.05, 3.63) is 0 Å². The number of ether oxygens (including phenoxy) is 1. The van der Waals surface area contributed by atoms with Crippen LogP contribution in [0.1, 0.15) is 21.3 Å². The predicted octanol–water partition coefficient (Wildman–Crippen LogP) is 1.91. The zero-order chi connectivity index (χ0) is 9.49. The van der Waals surface area contributed by atoms with E-state index >= 15 is 0 Å². The smallest absolute Gasteiger partial charge is 0.317 e. The largest absolute Gasteiger partial charge is 0.466 e. The van der Waals surface area contributed by atoms with Gasteiger partial charge in [-0.3, -0.25) is 4.79 Å². The molecule has 76 valence electrons. The molecule has 12 heavy (non-hydrogen) atoms. The summed E-state index contributed by atoms with van der Waals surface area (Å²) in [4.78, 5) is 9.82. The molecule has 0 aliphatic carbocycles. The summed E-state index contributed by atoms with van der Waals surface area (Å²) in [6, 6.07) is 0. The molecule has 0 amide bonds. The fourth-order valence-electron chi connectivity index (χ4n) is 0.203. The molecule has 0 spiro atoms. The third-order valence-electron chi connectivity index (χ3n) is 0.348. The molecule has 4 nitrogen and oxygen atoms in total. The van der Waals surface area contributed by atoms with E-state index in [2.05, 4.69) is 26.1 Å². The summed E-state index contributed by atoms with van der Waals surface area (Å²) < 4.78 is 22.7. The Morgan fingerprint density at radius 2 is 1.67 bits per heavy atom. The van der Waals surface area contributed by atoms with E-state index in [0.29, 0.717) is 6.61 Å². The maximum Gasteiger partial charge on any atom is 0.317 e. The minimum atomic E-state index is -3.72. The highest BCUT2D eigenvalue weighted by Crippen LogP contribution is 1.98. The highest BCUT2D eigenvalue weighted by molar-refractivity contribution is 8.31. The Bertz CT molecular complexity index is 191. The fourth-order valence-corrected chi connectivity index (χ4v) is 0.203. The molecular formula is C5H12Cl2O4S. The van der Waals surface area contributed by atoms with Crippen LogP contribution in [0.2, 0.25) is 0 Å². The number of carbonyl (C=O) groups is 1. The van der Waals surface area contributed by atoms with E-state index in [0.717, 1.165) is 0 Å². The third-order valence-corrected chi connectivity index (χ3v) is 0.348. The van der Waals surface area contributed by atoms with Crippen molar-refractivity contribution in [2.45, 2.75) is 21.3 Å². The molecular weight excluding hydrogens is 227 g/mol. The van der Waals surface area contributed by atoms with E-state index in [9.17, 15) is 4.79 Å². The van der Waals surface area contributed by atoms with Gasteiger partial charge in [-0.15, -0.1) is 0 Å². The fraction of sp³-hybridized carbons (Fsp3) is 0.800. The Balaban J connectivity index is -0.000000126. The van der Waals surface area contributed by atoms with E-state index in [4.69, 9.17) is 8.42 Å². The van der Waals surface area contributed by atoms with Gasteiger partial charge in [-0.25, -0.2) is 0 Å². The Kier molecular flexibility index (Phi) is 13.6. The quantitative estimate of drug-likeness (QED) is 0.518. The van der Waals surface area contributed by atoms with E-state index in [1.54, 1.807) is 6.92 Å². The van der Waals surface area contributed by atoms with Gasteiger partial charge in [0.05, 0.1) is 6.61 Å². The Morgan fingerprint density at radius 1 is 1.42 bits per heavy atom. The molecule has 0 aromatic heterocycles. The Labute approximate surface area is 81.7 Å². The first-order valence-corrected chi connectivity index (χ1v) is 5.68. The van der Waals surface area contributed by atoms with Crippen LogP contribution < -0.4 is 0 Å². The lowest BCUT2D eigenvalue weighted by Crippen LogP contribution is -1.95. The zero-order valence-electron chi connectivity index (χ0n) is 6.00. The summed E-state index contributed by atoms with van der Waals surface area (Å²) in [5.74, 6) is -0.211. The van der Waals surface area contributed by atoms with Crippen molar-refractivity contribution < 1.29 is 17.9 Å². The van der Waals surface area contributed by atoms with Gasteiger partial charge in [0.2, 0.25) is 0 Å². The lowest BCUT2D eigenvalue weighted by molar-refractivity contribution is -0.140. The van der Waals surface area contributed by atoms with Crippen LogP contribution >= 0.6 is 21.4 Å². The number of rotatable bonds is 1. The van der Waals surface area contributed by atoms with E-state index < -0.39 is 8.26 Å². The summed E-state index contributed by atoms with van der Waals surface area (Å²) in [7, 11) is 4.81. The van der Waals surface area contributed by atoms with Crippen molar-refractivity contribution in [2.24, 2.45) is 0 Å². The Morgan fingerprint density at radius 3 is 1.67 bits per heavy atom. The van der Waals surface area contributed by atoms with Crippen molar-refractivity contribution in [1.82, 2.24) is 0 Å². The molecule has 0 bridgehead atoms. The second-order valence-corrected chi connectivity index (χ2v) is 4.97. The van der Waals surface area contributed by atoms with Gasteiger partial charge in [0, 0.05) is 28.3 Å². The molecule has 0 aromatic carbocycles. The summed E-state index contributed by atoms with van der Waals surface area (Å²) in [6.07, 6.45) is 0. The highest BCUT2D eigenvalue weighted by atomic mass is 36.0. The van der Waals surface area contributed by atoms with Crippen molar-refractivity contribution in [2.75, 3.05) is 6.61 Å². The number of hydrogen-bond donors (Lipinski definition) is 0. The molecule has 7 heteroatoms. The van der Waals surface area contributed by atoms with E-state index in [1.807, 2.05) is 0 Å². The highest BCUT2D eigenvalue weighted by Gasteiger charge is 1.88. The molecule has 0 saturated carbocycles. The van der Waals surface area contributed by atoms with Gasteiger partial charge in [-0.1, -0.05) is 7.43 Å². The first kappa shape index (κ1) is 17.9. The van der Waals surface area contributed by atoms with Crippen LogP contribution in [0.15, 0.2) is 0 Å². The van der Waals surface area contributed by atoms with E-state index in [-0.39, 0.29) is 13.4 Å². The van der Waals surface area contributed by atoms with Gasteiger partial charge < -0.3 is 4.74 Å². The second kappa shape index (κ2) is 9.09. The summed E-state index contributed by atoms with van der Waals surface area (Å²) in [5.41, 5.74) is 0. The average Bonchev–Trinajstić information content (AvgIpc) is 1.58. The SMILES string of the molecule is C.CCOC(C)=O.O=S(=O)(Cl)Cl. The molecule has 0 saturated heterocycles. The average molecular weight is 239 g/mol. The first-order chi connectivity index (χ1) is 4.77. The number of halogens is 2. The lowest BCUT2D eigenvalue weighted by Gasteiger charge is -1.89. The van der Waals surface area contributed by atoms with Gasteiger partial charge in [0.15, 0.2) is 0 Å². The summed E-state index contributed by atoms with van der Waals surface area (Å²) in [5, 5.41) is 0. The standard InChI is InChI=1S/C4H8O2.CH4.Cl2O2S/c1-3-6-4(2)5;;1-5(2,3)4/h3H2,1-2H3;1H4;. The molecule has 0 aliphatic rings. The van der Waals surface area contributed by atoms with Crippen LogP contribution in [-0.4, -0.2) is 21.0 Å². The van der Waals surface area contributed by atoms with Crippen molar-refractivity contribution in [1.29, 1.82) is 0 Å². The van der Waals surface area contributed by atoms with E-state index in [1.165, 1.54) is 6.92 Å². The number of carbonyl (C=O) groups excluding carboxylic acids is 1. The second-order valence-electron chi connectivity index (χ2n) is 1.30. The molecule has 0 rings (SSSR count). The minimum Gasteiger partial charge on any atom is -0.466 e. The van der Waals surface area contributed by atoms with Crippen LogP contribution in [0.5, 0.6) is 0 Å². The van der Waals surface area contributed by atoms with Gasteiger partial charge in [0.1, 0.15) is 0 Å². The maximum absolute atomic E-state index is 9.82. The maximum atomic E-state index is 9.82. The monoisotopic (exact) mass is 238 g/mol. The van der Waals surface area contributed by atoms with Gasteiger partial charge in [-0.05, 0) is 6.92 Å². The van der Waals surface area contributed by atoms with Crippen LogP contribution in [0.25, 0.3) is 0 Å². The van der Waals surface area contributed by atoms with Crippen LogP contribution in [0, 0.1) is 0 Å². The zero-order valence-corrected chi connectivity index (χ0v) is 8.33. The van der Waals surface area contributed by atoms with Crippen LogP contribution in [0.3, 0.4) is 0 Å². The topological polar surface area (TPSA) is 60.4 Å². The van der Waals surface area contributed by atoms with Crippen LogP contribution in [0.4, 0.5) is 0 Å². The van der Waals surface area contributed by atoms with Gasteiger partial charge in [-0.2, -0.15) is 8.42 Å². The molecule has 0 radical (unpaired) electrons. The Hall–Kier alpha value is -0.000000000000000111. The van der Waals surface area contributed by atoms with Crippen molar-refractivity contribution >= 4 is 35.6 Å². The van der Waals surface area contributed by atoms with Gasteiger partial charge in [0.25, 0.3) is 0 Å². The minimum absolute atomic E-state index is 0. The molecule has 0 fully saturated rings. The van der Waals surface area contributed by atoms with Crippen molar-refractivity contribution in [3.8, 4) is 0 Å². The summed E-state index contributed by atoms with van der Waals surface area (Å²) >= 11 is 0. The number of esters is 1. The van der Waals surface area contributed by atoms with Crippen LogP contribution in [-0.2, 0) is 17.8 Å². The third kappa shape index (κ3) is 90.0. The first-order valence-electron chi connectivity index (χ1n) is 2.55. The van der Waals surface area contributed by atoms with Crippen molar-refractivity contribution in [3.63, 3.8) is 0 Å².